The second-order valence-corrected chi connectivity index (χ2v) is 5.08. The Bertz CT molecular complexity index is 294. The topological polar surface area (TPSA) is 32.3 Å². The van der Waals surface area contributed by atoms with Crippen LogP contribution in [0.3, 0.4) is 0 Å². The van der Waals surface area contributed by atoms with E-state index in [1.807, 2.05) is 4.90 Å². The average Bonchev–Trinajstić information content (AvgIpc) is 2.30. The standard InChI is InChI=1S/C13H20N2O/c1-2-5-12(16)15-9-4-7-13(11-15)6-3-8-14-10-13/h1,14H,3-11H2. The minimum Gasteiger partial charge on any atom is -0.341 e. The van der Waals surface area contributed by atoms with Gasteiger partial charge in [-0.1, -0.05) is 5.92 Å². The van der Waals surface area contributed by atoms with Crippen LogP contribution in [0.2, 0.25) is 0 Å². The highest BCUT2D eigenvalue weighted by Gasteiger charge is 2.37. The largest absolute Gasteiger partial charge is 0.341 e. The van der Waals surface area contributed by atoms with Crippen molar-refractivity contribution in [3.05, 3.63) is 0 Å². The van der Waals surface area contributed by atoms with Crippen LogP contribution in [0.4, 0.5) is 0 Å². The minimum atomic E-state index is 0.132. The van der Waals surface area contributed by atoms with Gasteiger partial charge < -0.3 is 10.2 Å². The van der Waals surface area contributed by atoms with E-state index in [1.54, 1.807) is 0 Å². The molecule has 88 valence electrons. The van der Waals surface area contributed by atoms with Gasteiger partial charge in [0.2, 0.25) is 5.91 Å². The van der Waals surface area contributed by atoms with Gasteiger partial charge in [0.15, 0.2) is 0 Å². The van der Waals surface area contributed by atoms with Crippen LogP contribution >= 0.6 is 0 Å². The van der Waals surface area contributed by atoms with Crippen LogP contribution in [0, 0.1) is 17.8 Å². The number of hydrogen-bond donors (Lipinski definition) is 1. The molecule has 16 heavy (non-hydrogen) atoms. The van der Waals surface area contributed by atoms with Crippen LogP contribution < -0.4 is 5.32 Å². The van der Waals surface area contributed by atoms with Crippen LogP contribution in [0.5, 0.6) is 0 Å². The molecule has 0 saturated carbocycles. The van der Waals surface area contributed by atoms with Crippen molar-refractivity contribution in [2.75, 3.05) is 26.2 Å². The first-order valence-electron chi connectivity index (χ1n) is 6.18. The summed E-state index contributed by atoms with van der Waals surface area (Å²) in [4.78, 5) is 13.8. The number of carbonyl (C=O) groups is 1. The molecule has 0 aromatic rings. The van der Waals surface area contributed by atoms with Crippen molar-refractivity contribution in [2.24, 2.45) is 5.41 Å². The Kier molecular flexibility index (Phi) is 3.50. The molecule has 2 saturated heterocycles. The molecule has 0 aromatic heterocycles. The van der Waals surface area contributed by atoms with E-state index < -0.39 is 0 Å². The Morgan fingerprint density at radius 2 is 2.25 bits per heavy atom. The molecule has 1 N–H and O–H groups in total. The predicted octanol–water partition coefficient (Wildman–Crippen LogP) is 1.00. The molecule has 1 atom stereocenters. The summed E-state index contributed by atoms with van der Waals surface area (Å²) < 4.78 is 0. The fraction of sp³-hybridized carbons (Fsp3) is 0.769. The molecular formula is C13H20N2O. The van der Waals surface area contributed by atoms with E-state index >= 15 is 0 Å². The first kappa shape index (κ1) is 11.5. The normalized spacial score (nSPS) is 30.1. The molecule has 0 radical (unpaired) electrons. The third-order valence-corrected chi connectivity index (χ3v) is 3.83. The van der Waals surface area contributed by atoms with Crippen molar-refractivity contribution < 1.29 is 4.79 Å². The molecule has 2 heterocycles. The van der Waals surface area contributed by atoms with Crippen molar-refractivity contribution in [2.45, 2.75) is 32.1 Å². The molecule has 1 spiro atoms. The number of carbonyl (C=O) groups excluding carboxylic acids is 1. The molecule has 2 fully saturated rings. The van der Waals surface area contributed by atoms with Gasteiger partial charge in [-0.3, -0.25) is 4.79 Å². The lowest BCUT2D eigenvalue weighted by Crippen LogP contribution is -2.52. The third-order valence-electron chi connectivity index (χ3n) is 3.83. The zero-order valence-electron chi connectivity index (χ0n) is 9.80. The number of likely N-dealkylation sites (tertiary alicyclic amines) is 1. The van der Waals surface area contributed by atoms with Crippen LogP contribution in [0.15, 0.2) is 0 Å². The summed E-state index contributed by atoms with van der Waals surface area (Å²) in [5, 5.41) is 3.46. The van der Waals surface area contributed by atoms with E-state index in [-0.39, 0.29) is 12.3 Å². The average molecular weight is 220 g/mol. The summed E-state index contributed by atoms with van der Waals surface area (Å²) >= 11 is 0. The van der Waals surface area contributed by atoms with Gasteiger partial charge in [0.1, 0.15) is 0 Å². The Morgan fingerprint density at radius 1 is 1.44 bits per heavy atom. The van der Waals surface area contributed by atoms with Crippen LogP contribution in [0.25, 0.3) is 0 Å². The molecule has 2 aliphatic heterocycles. The number of nitrogens with one attached hydrogen (secondary N) is 1. The predicted molar refractivity (Wildman–Crippen MR) is 63.8 cm³/mol. The molecule has 0 bridgehead atoms. The van der Waals surface area contributed by atoms with Gasteiger partial charge in [-0.25, -0.2) is 0 Å². The van der Waals surface area contributed by atoms with Gasteiger partial charge in [0, 0.05) is 25.0 Å². The van der Waals surface area contributed by atoms with E-state index in [1.165, 1.54) is 19.3 Å². The maximum absolute atomic E-state index is 11.8. The zero-order valence-corrected chi connectivity index (χ0v) is 9.80. The van der Waals surface area contributed by atoms with Crippen molar-refractivity contribution in [3.8, 4) is 12.3 Å². The van der Waals surface area contributed by atoms with E-state index in [4.69, 9.17) is 6.42 Å². The second kappa shape index (κ2) is 4.88. The van der Waals surface area contributed by atoms with Crippen LogP contribution in [0.1, 0.15) is 32.1 Å². The summed E-state index contributed by atoms with van der Waals surface area (Å²) in [6.07, 6.45) is 10.3. The molecule has 3 nitrogen and oxygen atoms in total. The Morgan fingerprint density at radius 3 is 2.94 bits per heavy atom. The molecule has 1 unspecified atom stereocenters. The number of piperidine rings is 2. The number of amides is 1. The summed E-state index contributed by atoms with van der Waals surface area (Å²) in [7, 11) is 0. The minimum absolute atomic E-state index is 0.132. The van der Waals surface area contributed by atoms with E-state index in [9.17, 15) is 4.79 Å². The number of terminal acetylenes is 1. The number of hydrogen-bond acceptors (Lipinski definition) is 2. The summed E-state index contributed by atoms with van der Waals surface area (Å²) in [6.45, 7) is 3.98. The van der Waals surface area contributed by atoms with Gasteiger partial charge in [0.25, 0.3) is 0 Å². The molecule has 1 amide bonds. The monoisotopic (exact) mass is 220 g/mol. The zero-order chi connectivity index (χ0) is 11.4. The van der Waals surface area contributed by atoms with Crippen molar-refractivity contribution in [1.29, 1.82) is 0 Å². The molecule has 0 aliphatic carbocycles. The summed E-state index contributed by atoms with van der Waals surface area (Å²) in [5.74, 6) is 2.58. The highest BCUT2D eigenvalue weighted by Crippen LogP contribution is 2.35. The van der Waals surface area contributed by atoms with Crippen LogP contribution in [-0.2, 0) is 4.79 Å². The maximum Gasteiger partial charge on any atom is 0.234 e. The lowest BCUT2D eigenvalue weighted by Gasteiger charge is -2.45. The van der Waals surface area contributed by atoms with Gasteiger partial charge in [0.05, 0.1) is 6.42 Å². The number of nitrogens with zero attached hydrogens (tertiary/aromatic N) is 1. The molecular weight excluding hydrogens is 200 g/mol. The lowest BCUT2D eigenvalue weighted by atomic mass is 9.74. The lowest BCUT2D eigenvalue weighted by molar-refractivity contribution is -0.134. The molecule has 0 aromatic carbocycles. The maximum atomic E-state index is 11.8. The third kappa shape index (κ3) is 2.38. The first-order chi connectivity index (χ1) is 7.76. The molecule has 3 heteroatoms. The van der Waals surface area contributed by atoms with Gasteiger partial charge >= 0.3 is 0 Å². The highest BCUT2D eigenvalue weighted by atomic mass is 16.2. The first-order valence-corrected chi connectivity index (χ1v) is 6.18. The Hall–Kier alpha value is -1.01. The van der Waals surface area contributed by atoms with Crippen LogP contribution in [-0.4, -0.2) is 37.0 Å². The summed E-state index contributed by atoms with van der Waals surface area (Å²) in [5.41, 5.74) is 0.334. The molecule has 2 aliphatic rings. The second-order valence-electron chi connectivity index (χ2n) is 5.08. The van der Waals surface area contributed by atoms with Crippen molar-refractivity contribution in [3.63, 3.8) is 0 Å². The van der Waals surface area contributed by atoms with E-state index in [0.29, 0.717) is 5.41 Å². The smallest absolute Gasteiger partial charge is 0.234 e. The van der Waals surface area contributed by atoms with Gasteiger partial charge in [-0.15, -0.1) is 6.42 Å². The quantitative estimate of drug-likeness (QED) is 0.669. The fourth-order valence-corrected chi connectivity index (χ4v) is 3.00. The SMILES string of the molecule is C#CCC(=O)N1CCCC2(CCCNC2)C1. The highest BCUT2D eigenvalue weighted by molar-refractivity contribution is 5.78. The molecule has 2 rings (SSSR count). The number of rotatable bonds is 1. The van der Waals surface area contributed by atoms with E-state index in [0.717, 1.165) is 32.6 Å². The van der Waals surface area contributed by atoms with Gasteiger partial charge in [-0.05, 0) is 32.2 Å². The fourth-order valence-electron chi connectivity index (χ4n) is 3.00. The Balaban J connectivity index is 1.98. The van der Waals surface area contributed by atoms with Crippen molar-refractivity contribution >= 4 is 5.91 Å². The van der Waals surface area contributed by atoms with Crippen molar-refractivity contribution in [1.82, 2.24) is 10.2 Å². The Labute approximate surface area is 97.6 Å². The van der Waals surface area contributed by atoms with Gasteiger partial charge in [-0.2, -0.15) is 0 Å². The van der Waals surface area contributed by atoms with E-state index in [2.05, 4.69) is 11.2 Å². The summed E-state index contributed by atoms with van der Waals surface area (Å²) in [6, 6.07) is 0.